The molecule has 5 heteroatoms. The molecule has 0 spiro atoms. The van der Waals surface area contributed by atoms with E-state index in [1.165, 1.54) is 0 Å². The van der Waals surface area contributed by atoms with Crippen molar-refractivity contribution in [1.29, 1.82) is 0 Å². The van der Waals surface area contributed by atoms with Gasteiger partial charge in [0.25, 0.3) is 0 Å². The topological polar surface area (TPSA) is 39.4 Å². The highest BCUT2D eigenvalue weighted by Crippen LogP contribution is 2.24. The van der Waals surface area contributed by atoms with Gasteiger partial charge in [-0.1, -0.05) is 23.5 Å². The van der Waals surface area contributed by atoms with Crippen LogP contribution in [0.4, 0.5) is 0 Å². The number of nitrogens with zero attached hydrogens (tertiary/aromatic N) is 3. The Labute approximate surface area is 102 Å². The van der Waals surface area contributed by atoms with Crippen molar-refractivity contribution in [2.24, 2.45) is 0 Å². The van der Waals surface area contributed by atoms with E-state index in [0.717, 1.165) is 27.0 Å². The Balaban J connectivity index is 2.09. The molecule has 0 radical (unpaired) electrons. The molecule has 4 nitrogen and oxygen atoms in total. The zero-order valence-electron chi connectivity index (χ0n) is 9.54. The minimum Gasteiger partial charge on any atom is -0.497 e. The number of aryl methyl sites for hydroxylation is 1. The summed E-state index contributed by atoms with van der Waals surface area (Å²) < 4.78 is 7.02. The van der Waals surface area contributed by atoms with Crippen molar-refractivity contribution in [3.8, 4) is 17.0 Å². The Hall–Kier alpha value is -1.88. The minimum atomic E-state index is 0.836. The molecule has 2 aromatic heterocycles. The largest absolute Gasteiger partial charge is 0.497 e. The predicted molar refractivity (Wildman–Crippen MR) is 67.6 cm³/mol. The Morgan fingerprint density at radius 3 is 3.00 bits per heavy atom. The van der Waals surface area contributed by atoms with Crippen LogP contribution in [-0.2, 0) is 0 Å². The third-order valence-corrected chi connectivity index (χ3v) is 3.35. The van der Waals surface area contributed by atoms with Crippen molar-refractivity contribution < 1.29 is 4.74 Å². The van der Waals surface area contributed by atoms with Gasteiger partial charge in [0.05, 0.1) is 19.0 Å². The van der Waals surface area contributed by atoms with E-state index >= 15 is 0 Å². The standard InChI is InChI=1S/C12H11N3OS/c1-8-14-15-7-11(13-12(15)17-8)9-4-3-5-10(6-9)16-2/h3-7H,1-2H3. The summed E-state index contributed by atoms with van der Waals surface area (Å²) in [4.78, 5) is 5.46. The minimum absolute atomic E-state index is 0.836. The second kappa shape index (κ2) is 3.85. The van der Waals surface area contributed by atoms with Gasteiger partial charge in [0.15, 0.2) is 0 Å². The fourth-order valence-electron chi connectivity index (χ4n) is 1.72. The van der Waals surface area contributed by atoms with Crippen LogP contribution in [-0.4, -0.2) is 21.7 Å². The van der Waals surface area contributed by atoms with Crippen LogP contribution in [0.5, 0.6) is 5.75 Å². The molecule has 17 heavy (non-hydrogen) atoms. The number of aromatic nitrogens is 3. The monoisotopic (exact) mass is 245 g/mol. The van der Waals surface area contributed by atoms with Crippen molar-refractivity contribution in [1.82, 2.24) is 14.6 Å². The van der Waals surface area contributed by atoms with E-state index in [-0.39, 0.29) is 0 Å². The van der Waals surface area contributed by atoms with Gasteiger partial charge >= 0.3 is 0 Å². The summed E-state index contributed by atoms with van der Waals surface area (Å²) in [6, 6.07) is 7.87. The molecule has 0 saturated carbocycles. The number of ether oxygens (including phenoxy) is 1. The number of hydrogen-bond donors (Lipinski definition) is 0. The van der Waals surface area contributed by atoms with E-state index in [9.17, 15) is 0 Å². The lowest BCUT2D eigenvalue weighted by Crippen LogP contribution is -1.84. The summed E-state index contributed by atoms with van der Waals surface area (Å²) in [6.07, 6.45) is 1.94. The van der Waals surface area contributed by atoms with E-state index in [4.69, 9.17) is 4.74 Å². The van der Waals surface area contributed by atoms with Crippen molar-refractivity contribution in [3.63, 3.8) is 0 Å². The van der Waals surface area contributed by atoms with E-state index in [1.54, 1.807) is 18.4 Å². The second-order valence-electron chi connectivity index (χ2n) is 3.71. The number of fused-ring (bicyclic) bond motifs is 1. The zero-order chi connectivity index (χ0) is 11.8. The lowest BCUT2D eigenvalue weighted by molar-refractivity contribution is 0.415. The van der Waals surface area contributed by atoms with E-state index < -0.39 is 0 Å². The summed E-state index contributed by atoms with van der Waals surface area (Å²) in [5, 5.41) is 5.36. The maximum absolute atomic E-state index is 5.20. The van der Waals surface area contributed by atoms with Crippen molar-refractivity contribution >= 4 is 16.3 Å². The third-order valence-electron chi connectivity index (χ3n) is 2.51. The SMILES string of the molecule is COc1cccc(-c2cn3nc(C)sc3n2)c1. The van der Waals surface area contributed by atoms with E-state index in [0.29, 0.717) is 0 Å². The van der Waals surface area contributed by atoms with Gasteiger partial charge in [0.1, 0.15) is 10.8 Å². The lowest BCUT2D eigenvalue weighted by Gasteiger charge is -2.00. The molecule has 86 valence electrons. The molecule has 0 aliphatic carbocycles. The first kappa shape index (κ1) is 10.3. The molecule has 0 unspecified atom stereocenters. The van der Waals surface area contributed by atoms with Crippen LogP contribution in [0.2, 0.25) is 0 Å². The Bertz CT molecular complexity index is 640. The van der Waals surface area contributed by atoms with Crippen LogP contribution in [0.25, 0.3) is 16.2 Å². The number of hydrogen-bond acceptors (Lipinski definition) is 4. The van der Waals surface area contributed by atoms with Crippen molar-refractivity contribution in [3.05, 3.63) is 35.5 Å². The van der Waals surface area contributed by atoms with Gasteiger partial charge in [-0.2, -0.15) is 5.10 Å². The molecular formula is C12H11N3OS. The van der Waals surface area contributed by atoms with E-state index in [2.05, 4.69) is 10.1 Å². The molecule has 2 heterocycles. The zero-order valence-corrected chi connectivity index (χ0v) is 10.4. The van der Waals surface area contributed by atoms with Crippen molar-refractivity contribution in [2.75, 3.05) is 7.11 Å². The van der Waals surface area contributed by atoms with Gasteiger partial charge in [-0.3, -0.25) is 0 Å². The maximum Gasteiger partial charge on any atom is 0.212 e. The molecule has 0 N–H and O–H groups in total. The maximum atomic E-state index is 5.20. The van der Waals surface area contributed by atoms with Crippen LogP contribution >= 0.6 is 11.3 Å². The highest BCUT2D eigenvalue weighted by molar-refractivity contribution is 7.16. The highest BCUT2D eigenvalue weighted by atomic mass is 32.1. The lowest BCUT2D eigenvalue weighted by atomic mass is 10.1. The summed E-state index contributed by atoms with van der Waals surface area (Å²) in [7, 11) is 1.66. The quantitative estimate of drug-likeness (QED) is 0.697. The second-order valence-corrected chi connectivity index (χ2v) is 4.87. The smallest absolute Gasteiger partial charge is 0.212 e. The Morgan fingerprint density at radius 2 is 2.24 bits per heavy atom. The summed E-state index contributed by atoms with van der Waals surface area (Å²) in [6.45, 7) is 1.98. The number of benzene rings is 1. The Morgan fingerprint density at radius 1 is 1.35 bits per heavy atom. The summed E-state index contributed by atoms with van der Waals surface area (Å²) in [5.41, 5.74) is 1.96. The summed E-state index contributed by atoms with van der Waals surface area (Å²) in [5.74, 6) is 0.836. The van der Waals surface area contributed by atoms with Gasteiger partial charge < -0.3 is 4.74 Å². The fourth-order valence-corrected chi connectivity index (χ4v) is 2.45. The first-order valence-corrected chi connectivity index (χ1v) is 6.05. The van der Waals surface area contributed by atoms with E-state index in [1.807, 2.05) is 41.9 Å². The molecule has 0 amide bonds. The van der Waals surface area contributed by atoms with Gasteiger partial charge in [0, 0.05) is 5.56 Å². The van der Waals surface area contributed by atoms with Crippen LogP contribution in [0.1, 0.15) is 5.01 Å². The highest BCUT2D eigenvalue weighted by Gasteiger charge is 2.08. The molecule has 0 fully saturated rings. The molecular weight excluding hydrogens is 234 g/mol. The molecule has 3 rings (SSSR count). The van der Waals surface area contributed by atoms with Gasteiger partial charge in [-0.15, -0.1) is 0 Å². The number of rotatable bonds is 2. The average molecular weight is 245 g/mol. The molecule has 3 aromatic rings. The first-order chi connectivity index (χ1) is 8.26. The molecule has 0 atom stereocenters. The van der Waals surface area contributed by atoms with Gasteiger partial charge in [-0.25, -0.2) is 9.50 Å². The van der Waals surface area contributed by atoms with Crippen LogP contribution in [0.3, 0.4) is 0 Å². The molecule has 1 aromatic carbocycles. The fraction of sp³-hybridized carbons (Fsp3) is 0.167. The van der Waals surface area contributed by atoms with Gasteiger partial charge in [-0.05, 0) is 19.1 Å². The summed E-state index contributed by atoms with van der Waals surface area (Å²) >= 11 is 1.59. The van der Waals surface area contributed by atoms with Gasteiger partial charge in [0.2, 0.25) is 4.96 Å². The molecule has 0 aliphatic rings. The third kappa shape index (κ3) is 1.78. The molecule has 0 saturated heterocycles. The van der Waals surface area contributed by atoms with Crippen molar-refractivity contribution in [2.45, 2.75) is 6.92 Å². The van der Waals surface area contributed by atoms with Crippen LogP contribution in [0, 0.1) is 6.92 Å². The number of imidazole rings is 1. The van der Waals surface area contributed by atoms with Crippen LogP contribution in [0.15, 0.2) is 30.5 Å². The normalized spacial score (nSPS) is 10.9. The molecule has 0 aliphatic heterocycles. The first-order valence-electron chi connectivity index (χ1n) is 5.23. The molecule has 0 bridgehead atoms. The number of methoxy groups -OCH3 is 1. The Kier molecular flexibility index (Phi) is 2.33. The van der Waals surface area contributed by atoms with Crippen LogP contribution < -0.4 is 4.74 Å². The predicted octanol–water partition coefficient (Wildman–Crippen LogP) is 2.77. The average Bonchev–Trinajstić information content (AvgIpc) is 2.86.